The van der Waals surface area contributed by atoms with Gasteiger partial charge in [-0.25, -0.2) is 0 Å². The predicted octanol–water partition coefficient (Wildman–Crippen LogP) is 2.65. The molecule has 0 bridgehead atoms. The molecule has 6 heteroatoms. The number of carbonyl (C=O) groups excluding carboxylic acids is 1. The summed E-state index contributed by atoms with van der Waals surface area (Å²) in [7, 11) is 1.64. The first-order valence-corrected chi connectivity index (χ1v) is 8.59. The van der Waals surface area contributed by atoms with Gasteiger partial charge in [-0.2, -0.15) is 0 Å². The topological polar surface area (TPSA) is 58.4 Å². The maximum absolute atomic E-state index is 11.8. The van der Waals surface area contributed by atoms with Crippen LogP contribution < -0.4 is 16.0 Å². The monoisotopic (exact) mass is 299 g/mol. The molecular weight excluding hydrogens is 278 g/mol. The summed E-state index contributed by atoms with van der Waals surface area (Å²) in [5.41, 5.74) is 6.76. The molecular formula is C13H21N3OS2. The number of anilines is 2. The van der Waals surface area contributed by atoms with E-state index in [1.807, 2.05) is 6.26 Å². The fourth-order valence-electron chi connectivity index (χ4n) is 2.45. The third-order valence-corrected chi connectivity index (χ3v) is 5.89. The van der Waals surface area contributed by atoms with Crippen molar-refractivity contribution in [3.05, 3.63) is 4.88 Å². The van der Waals surface area contributed by atoms with Crippen molar-refractivity contribution < 1.29 is 4.79 Å². The van der Waals surface area contributed by atoms with Gasteiger partial charge in [0.2, 0.25) is 0 Å². The Morgan fingerprint density at radius 3 is 2.89 bits per heavy atom. The van der Waals surface area contributed by atoms with Crippen molar-refractivity contribution in [1.82, 2.24) is 5.32 Å². The molecule has 1 aromatic rings. The molecule has 3 N–H and O–H groups in total. The summed E-state index contributed by atoms with van der Waals surface area (Å²) in [5, 5.41) is 3.83. The van der Waals surface area contributed by atoms with E-state index in [2.05, 4.69) is 17.1 Å². The minimum absolute atomic E-state index is 0.0877. The molecule has 1 aliphatic heterocycles. The SMILES string of the molecule is CCC1CCN(c2sc(C(=O)NC)c(N)c2SC)C1. The quantitative estimate of drug-likeness (QED) is 0.839. The Labute approximate surface area is 122 Å². The Balaban J connectivity index is 2.32. The molecule has 0 radical (unpaired) electrons. The molecule has 0 saturated carbocycles. The van der Waals surface area contributed by atoms with Crippen molar-refractivity contribution in [2.75, 3.05) is 37.0 Å². The molecule has 1 fully saturated rings. The van der Waals surface area contributed by atoms with Gasteiger partial charge in [-0.3, -0.25) is 4.79 Å². The highest BCUT2D eigenvalue weighted by molar-refractivity contribution is 7.99. The van der Waals surface area contributed by atoms with Gasteiger partial charge in [-0.15, -0.1) is 23.1 Å². The smallest absolute Gasteiger partial charge is 0.263 e. The van der Waals surface area contributed by atoms with Crippen LogP contribution in [-0.4, -0.2) is 32.3 Å². The first kappa shape index (κ1) is 14.5. The van der Waals surface area contributed by atoms with Gasteiger partial charge in [-0.1, -0.05) is 13.3 Å². The molecule has 0 aliphatic carbocycles. The maximum atomic E-state index is 11.8. The van der Waals surface area contributed by atoms with Crippen LogP contribution in [0.25, 0.3) is 0 Å². The van der Waals surface area contributed by atoms with E-state index in [0.29, 0.717) is 10.6 Å². The number of thioether (sulfide) groups is 1. The highest BCUT2D eigenvalue weighted by Crippen LogP contribution is 2.45. The molecule has 4 nitrogen and oxygen atoms in total. The second-order valence-corrected chi connectivity index (χ2v) is 6.59. The second-order valence-electron chi connectivity index (χ2n) is 4.77. The Kier molecular flexibility index (Phi) is 4.62. The average Bonchev–Trinajstić information content (AvgIpc) is 3.01. The zero-order chi connectivity index (χ0) is 14.0. The van der Waals surface area contributed by atoms with Gasteiger partial charge in [0.05, 0.1) is 10.6 Å². The Hall–Kier alpha value is -0.880. The normalized spacial score (nSPS) is 18.9. The largest absolute Gasteiger partial charge is 0.396 e. The summed E-state index contributed by atoms with van der Waals surface area (Å²) < 4.78 is 0. The number of hydrogen-bond acceptors (Lipinski definition) is 5. The molecule has 106 valence electrons. The van der Waals surface area contributed by atoms with Crippen LogP contribution in [0.2, 0.25) is 0 Å². The second kappa shape index (κ2) is 6.05. The zero-order valence-corrected chi connectivity index (χ0v) is 13.3. The summed E-state index contributed by atoms with van der Waals surface area (Å²) in [6, 6.07) is 0. The summed E-state index contributed by atoms with van der Waals surface area (Å²) in [6.45, 7) is 4.39. The van der Waals surface area contributed by atoms with E-state index in [1.165, 1.54) is 29.2 Å². The molecule has 1 saturated heterocycles. The van der Waals surface area contributed by atoms with Crippen LogP contribution in [-0.2, 0) is 0 Å². The van der Waals surface area contributed by atoms with Crippen molar-refractivity contribution in [1.29, 1.82) is 0 Å². The van der Waals surface area contributed by atoms with Crippen molar-refractivity contribution >= 4 is 39.7 Å². The molecule has 19 heavy (non-hydrogen) atoms. The zero-order valence-electron chi connectivity index (χ0n) is 11.7. The molecule has 1 aromatic heterocycles. The van der Waals surface area contributed by atoms with Crippen LogP contribution in [0.15, 0.2) is 4.90 Å². The van der Waals surface area contributed by atoms with Crippen LogP contribution in [0.1, 0.15) is 29.4 Å². The van der Waals surface area contributed by atoms with Gasteiger partial charge in [0.15, 0.2) is 0 Å². The predicted molar refractivity (Wildman–Crippen MR) is 84.5 cm³/mol. The van der Waals surface area contributed by atoms with Crippen LogP contribution >= 0.6 is 23.1 Å². The number of nitrogen functional groups attached to an aromatic ring is 1. The van der Waals surface area contributed by atoms with Crippen LogP contribution in [0.4, 0.5) is 10.7 Å². The molecule has 1 unspecified atom stereocenters. The number of nitrogens with zero attached hydrogens (tertiary/aromatic N) is 1. The van der Waals surface area contributed by atoms with E-state index < -0.39 is 0 Å². The Morgan fingerprint density at radius 1 is 1.63 bits per heavy atom. The van der Waals surface area contributed by atoms with Crippen molar-refractivity contribution in [2.45, 2.75) is 24.7 Å². The van der Waals surface area contributed by atoms with E-state index in [9.17, 15) is 4.79 Å². The number of thiophene rings is 1. The standard InChI is InChI=1S/C13H21N3OS2/c1-4-8-5-6-16(7-8)13-11(18-3)9(14)10(19-13)12(17)15-2/h8H,4-7,14H2,1-3H3,(H,15,17). The van der Waals surface area contributed by atoms with Gasteiger partial charge < -0.3 is 16.0 Å². The number of nitrogens with two attached hydrogens (primary N) is 1. The van der Waals surface area contributed by atoms with E-state index in [-0.39, 0.29) is 5.91 Å². The van der Waals surface area contributed by atoms with Gasteiger partial charge >= 0.3 is 0 Å². The third-order valence-electron chi connectivity index (χ3n) is 3.67. The number of carbonyl (C=O) groups is 1. The van der Waals surface area contributed by atoms with Gasteiger partial charge in [-0.05, 0) is 18.6 Å². The number of nitrogens with one attached hydrogen (secondary N) is 1. The van der Waals surface area contributed by atoms with Crippen molar-refractivity contribution in [3.8, 4) is 0 Å². The fraction of sp³-hybridized carbons (Fsp3) is 0.615. The lowest BCUT2D eigenvalue weighted by Crippen LogP contribution is -2.19. The van der Waals surface area contributed by atoms with Gasteiger partial charge in [0.1, 0.15) is 9.88 Å². The molecule has 1 amide bonds. The molecule has 1 atom stereocenters. The van der Waals surface area contributed by atoms with Gasteiger partial charge in [0.25, 0.3) is 5.91 Å². The molecule has 2 heterocycles. The lowest BCUT2D eigenvalue weighted by molar-refractivity contribution is 0.0968. The minimum Gasteiger partial charge on any atom is -0.396 e. The Bertz CT molecular complexity index is 473. The summed E-state index contributed by atoms with van der Waals surface area (Å²) in [4.78, 5) is 15.9. The third kappa shape index (κ3) is 2.69. The molecule has 2 rings (SSSR count). The first-order valence-electron chi connectivity index (χ1n) is 6.55. The number of hydrogen-bond donors (Lipinski definition) is 2. The molecule has 0 spiro atoms. The first-order chi connectivity index (χ1) is 9.12. The van der Waals surface area contributed by atoms with E-state index in [1.54, 1.807) is 18.8 Å². The van der Waals surface area contributed by atoms with Crippen molar-refractivity contribution in [3.63, 3.8) is 0 Å². The summed E-state index contributed by atoms with van der Waals surface area (Å²) in [5.74, 6) is 0.678. The van der Waals surface area contributed by atoms with Crippen LogP contribution in [0.3, 0.4) is 0 Å². The lowest BCUT2D eigenvalue weighted by Gasteiger charge is -2.17. The van der Waals surface area contributed by atoms with E-state index >= 15 is 0 Å². The Morgan fingerprint density at radius 2 is 2.37 bits per heavy atom. The summed E-state index contributed by atoms with van der Waals surface area (Å²) in [6.07, 6.45) is 4.47. The van der Waals surface area contributed by atoms with Crippen molar-refractivity contribution in [2.24, 2.45) is 5.92 Å². The van der Waals surface area contributed by atoms with Crippen LogP contribution in [0.5, 0.6) is 0 Å². The minimum atomic E-state index is -0.0877. The highest BCUT2D eigenvalue weighted by atomic mass is 32.2. The van der Waals surface area contributed by atoms with Gasteiger partial charge in [0, 0.05) is 20.1 Å². The van der Waals surface area contributed by atoms with E-state index in [4.69, 9.17) is 5.73 Å². The highest BCUT2D eigenvalue weighted by Gasteiger charge is 2.28. The fourth-order valence-corrected chi connectivity index (χ4v) is 4.62. The molecule has 1 aliphatic rings. The maximum Gasteiger partial charge on any atom is 0.263 e. The summed E-state index contributed by atoms with van der Waals surface area (Å²) >= 11 is 3.15. The lowest BCUT2D eigenvalue weighted by atomic mass is 10.1. The number of rotatable bonds is 4. The number of amides is 1. The molecule has 0 aromatic carbocycles. The van der Waals surface area contributed by atoms with Crippen LogP contribution in [0, 0.1) is 5.92 Å². The van der Waals surface area contributed by atoms with E-state index in [0.717, 1.165) is 23.9 Å². The average molecular weight is 299 g/mol.